The van der Waals surface area contributed by atoms with Crippen molar-refractivity contribution in [1.82, 2.24) is 4.90 Å². The van der Waals surface area contributed by atoms with E-state index in [9.17, 15) is 9.59 Å². The Bertz CT molecular complexity index is 984. The highest BCUT2D eigenvalue weighted by Gasteiger charge is 2.46. The van der Waals surface area contributed by atoms with E-state index in [2.05, 4.69) is 73.3 Å². The summed E-state index contributed by atoms with van der Waals surface area (Å²) in [4.78, 5) is 21.9. The SMILES string of the molecule is CC(C)c1ccccc1CCCN1CCC2(c3ccccc3)CCCC2C1.O=C(O)C=CC(=O)O. The van der Waals surface area contributed by atoms with E-state index >= 15 is 0 Å². The molecule has 2 fully saturated rings. The Balaban J connectivity index is 0.000000371. The van der Waals surface area contributed by atoms with E-state index in [1.54, 1.807) is 11.1 Å². The minimum absolute atomic E-state index is 0.474. The number of fused-ring (bicyclic) bond motifs is 1. The van der Waals surface area contributed by atoms with Crippen LogP contribution in [0.1, 0.15) is 68.6 Å². The van der Waals surface area contributed by atoms with Gasteiger partial charge in [-0.15, -0.1) is 0 Å². The largest absolute Gasteiger partial charge is 0.478 e. The number of nitrogens with zero attached hydrogens (tertiary/aromatic N) is 1. The maximum Gasteiger partial charge on any atom is 0.328 e. The lowest BCUT2D eigenvalue weighted by molar-refractivity contribution is -0.134. The third-order valence-electron chi connectivity index (χ3n) is 7.62. The average Bonchev–Trinajstić information content (AvgIpc) is 3.28. The lowest BCUT2D eigenvalue weighted by Gasteiger charge is -2.45. The van der Waals surface area contributed by atoms with Crippen LogP contribution >= 0.6 is 0 Å². The number of aryl methyl sites for hydroxylation is 1. The summed E-state index contributed by atoms with van der Waals surface area (Å²) >= 11 is 0. The molecule has 4 rings (SSSR count). The number of carboxylic acids is 2. The van der Waals surface area contributed by atoms with E-state index < -0.39 is 11.9 Å². The number of hydrogen-bond acceptors (Lipinski definition) is 3. The fourth-order valence-electron chi connectivity index (χ4n) is 5.96. The van der Waals surface area contributed by atoms with E-state index in [4.69, 9.17) is 10.2 Å². The van der Waals surface area contributed by atoms with Crippen LogP contribution in [0, 0.1) is 5.92 Å². The first-order valence-corrected chi connectivity index (χ1v) is 12.8. The van der Waals surface area contributed by atoms with Crippen LogP contribution in [0.2, 0.25) is 0 Å². The van der Waals surface area contributed by atoms with Gasteiger partial charge in [-0.05, 0) is 73.7 Å². The molecule has 0 amide bonds. The van der Waals surface area contributed by atoms with Crippen molar-refractivity contribution in [2.24, 2.45) is 5.92 Å². The maximum atomic E-state index is 9.55. The Kier molecular flexibility index (Phi) is 9.67. The van der Waals surface area contributed by atoms with Crippen molar-refractivity contribution in [3.63, 3.8) is 0 Å². The van der Waals surface area contributed by atoms with Crippen LogP contribution < -0.4 is 0 Å². The zero-order valence-electron chi connectivity index (χ0n) is 21.0. The Hall–Kier alpha value is -2.92. The minimum atomic E-state index is -1.26. The molecule has 0 radical (unpaired) electrons. The van der Waals surface area contributed by atoms with Crippen molar-refractivity contribution >= 4 is 11.9 Å². The van der Waals surface area contributed by atoms with E-state index in [0.29, 0.717) is 23.5 Å². The van der Waals surface area contributed by atoms with Gasteiger partial charge in [-0.2, -0.15) is 0 Å². The molecular formula is C30H39NO4. The van der Waals surface area contributed by atoms with Gasteiger partial charge < -0.3 is 15.1 Å². The van der Waals surface area contributed by atoms with Gasteiger partial charge in [0.2, 0.25) is 0 Å². The lowest BCUT2D eigenvalue weighted by Crippen LogP contribution is -2.47. The van der Waals surface area contributed by atoms with Crippen LogP contribution in [0.5, 0.6) is 0 Å². The summed E-state index contributed by atoms with van der Waals surface area (Å²) in [6, 6.07) is 20.4. The summed E-state index contributed by atoms with van der Waals surface area (Å²) in [5.41, 5.74) is 5.18. The molecule has 1 aliphatic heterocycles. The number of piperidine rings is 1. The zero-order valence-corrected chi connectivity index (χ0v) is 21.0. The highest BCUT2D eigenvalue weighted by atomic mass is 16.4. The summed E-state index contributed by atoms with van der Waals surface area (Å²) in [6.45, 7) is 8.46. The molecule has 2 aliphatic rings. The van der Waals surface area contributed by atoms with E-state index in [1.165, 1.54) is 63.7 Å². The Morgan fingerprint density at radius 2 is 1.66 bits per heavy atom. The minimum Gasteiger partial charge on any atom is -0.478 e. The topological polar surface area (TPSA) is 77.8 Å². The quantitative estimate of drug-likeness (QED) is 0.463. The third kappa shape index (κ3) is 7.28. The molecule has 35 heavy (non-hydrogen) atoms. The van der Waals surface area contributed by atoms with Gasteiger partial charge >= 0.3 is 11.9 Å². The molecule has 2 aromatic rings. The first-order chi connectivity index (χ1) is 16.8. The number of rotatable bonds is 8. The van der Waals surface area contributed by atoms with Crippen molar-refractivity contribution in [2.45, 2.75) is 63.7 Å². The third-order valence-corrected chi connectivity index (χ3v) is 7.62. The van der Waals surface area contributed by atoms with Crippen molar-refractivity contribution in [2.75, 3.05) is 19.6 Å². The molecule has 0 spiro atoms. The number of likely N-dealkylation sites (tertiary alicyclic amines) is 1. The number of carbonyl (C=O) groups is 2. The second-order valence-electron chi connectivity index (χ2n) is 10.1. The summed E-state index contributed by atoms with van der Waals surface area (Å²) in [6.07, 6.45) is 9.21. The standard InChI is InChI=1S/C26H35N.C4H4O4/c1-21(2)25-15-7-6-10-22(25)11-9-18-27-19-17-26(16-8-14-24(26)20-27)23-12-4-3-5-13-23;5-3(6)1-2-4(7)8/h3-7,10,12-13,15,21,24H,8-9,11,14,16-20H2,1-2H3;1-2H,(H,5,6)(H,7,8). The molecule has 5 nitrogen and oxygen atoms in total. The van der Waals surface area contributed by atoms with E-state index in [1.807, 2.05) is 0 Å². The second-order valence-corrected chi connectivity index (χ2v) is 10.1. The van der Waals surface area contributed by atoms with Gasteiger partial charge in [0.05, 0.1) is 0 Å². The molecule has 1 saturated heterocycles. The van der Waals surface area contributed by atoms with Crippen molar-refractivity contribution in [3.05, 3.63) is 83.4 Å². The molecule has 2 atom stereocenters. The van der Waals surface area contributed by atoms with Gasteiger partial charge in [0.15, 0.2) is 0 Å². The average molecular weight is 478 g/mol. The van der Waals surface area contributed by atoms with Crippen molar-refractivity contribution in [3.8, 4) is 0 Å². The molecule has 1 heterocycles. The van der Waals surface area contributed by atoms with Crippen LogP contribution in [0.3, 0.4) is 0 Å². The molecule has 1 aliphatic carbocycles. The maximum absolute atomic E-state index is 9.55. The normalized spacial score (nSPS) is 22.0. The molecule has 2 N–H and O–H groups in total. The van der Waals surface area contributed by atoms with Crippen molar-refractivity contribution < 1.29 is 19.8 Å². The van der Waals surface area contributed by atoms with Crippen LogP contribution in [0.4, 0.5) is 0 Å². The van der Waals surface area contributed by atoms with Crippen LogP contribution in [-0.2, 0) is 21.4 Å². The smallest absolute Gasteiger partial charge is 0.328 e. The summed E-state index contributed by atoms with van der Waals surface area (Å²) in [7, 11) is 0. The number of benzene rings is 2. The predicted octanol–water partition coefficient (Wildman–Crippen LogP) is 5.90. The zero-order chi connectivity index (χ0) is 25.3. The summed E-state index contributed by atoms with van der Waals surface area (Å²) < 4.78 is 0. The molecule has 2 aromatic carbocycles. The molecule has 2 unspecified atom stereocenters. The first-order valence-electron chi connectivity index (χ1n) is 12.8. The number of aliphatic carboxylic acids is 2. The van der Waals surface area contributed by atoms with Crippen LogP contribution in [-0.4, -0.2) is 46.7 Å². The molecule has 0 bridgehead atoms. The fraction of sp³-hybridized carbons (Fsp3) is 0.467. The van der Waals surface area contributed by atoms with Gasteiger partial charge in [0.25, 0.3) is 0 Å². The van der Waals surface area contributed by atoms with Gasteiger partial charge in [-0.1, -0.05) is 74.9 Å². The predicted molar refractivity (Wildman–Crippen MR) is 140 cm³/mol. The molecule has 188 valence electrons. The summed E-state index contributed by atoms with van der Waals surface area (Å²) in [5.74, 6) is -1.03. The Morgan fingerprint density at radius 1 is 1.00 bits per heavy atom. The van der Waals surface area contributed by atoms with Gasteiger partial charge in [-0.25, -0.2) is 9.59 Å². The lowest BCUT2D eigenvalue weighted by atomic mass is 9.68. The van der Waals surface area contributed by atoms with Gasteiger partial charge in [-0.3, -0.25) is 0 Å². The summed E-state index contributed by atoms with van der Waals surface area (Å²) in [5, 5.41) is 15.6. The molecular weight excluding hydrogens is 438 g/mol. The van der Waals surface area contributed by atoms with Gasteiger partial charge in [0, 0.05) is 24.1 Å². The molecule has 0 aromatic heterocycles. The van der Waals surface area contributed by atoms with Crippen molar-refractivity contribution in [1.29, 1.82) is 0 Å². The molecule has 5 heteroatoms. The monoisotopic (exact) mass is 477 g/mol. The van der Waals surface area contributed by atoms with Gasteiger partial charge in [0.1, 0.15) is 0 Å². The fourth-order valence-corrected chi connectivity index (χ4v) is 5.96. The second kappa shape index (κ2) is 12.7. The number of carboxylic acid groups (broad SMARTS) is 2. The van der Waals surface area contributed by atoms with Crippen LogP contribution in [0.15, 0.2) is 66.7 Å². The molecule has 1 saturated carbocycles. The first kappa shape index (κ1) is 26.7. The highest BCUT2D eigenvalue weighted by Crippen LogP contribution is 2.50. The van der Waals surface area contributed by atoms with E-state index in [0.717, 1.165) is 5.92 Å². The van der Waals surface area contributed by atoms with E-state index in [-0.39, 0.29) is 0 Å². The Morgan fingerprint density at radius 3 is 2.31 bits per heavy atom. The highest BCUT2D eigenvalue weighted by molar-refractivity contribution is 5.89. The number of hydrogen-bond donors (Lipinski definition) is 2. The Labute approximate surface area is 209 Å². The van der Waals surface area contributed by atoms with Crippen LogP contribution in [0.25, 0.3) is 0 Å².